The van der Waals surface area contributed by atoms with E-state index in [1.54, 1.807) is 18.2 Å². The van der Waals surface area contributed by atoms with Crippen LogP contribution in [0.4, 0.5) is 0 Å². The number of aromatic amines is 2. The van der Waals surface area contributed by atoms with Crippen LogP contribution in [0, 0.1) is 0 Å². The largest absolute Gasteiger partial charge is 0.464 e. The molecule has 0 saturated carbocycles. The number of aromatic nitrogens is 2. The number of amides is 2. The van der Waals surface area contributed by atoms with Gasteiger partial charge in [0.2, 0.25) is 0 Å². The number of hydrogen-bond acceptors (Lipinski definition) is 5. The van der Waals surface area contributed by atoms with Crippen LogP contribution in [-0.2, 0) is 20.9 Å². The number of imidazole rings is 1. The van der Waals surface area contributed by atoms with Crippen molar-refractivity contribution in [1.29, 1.82) is 0 Å². The number of H-pyrrole nitrogens is 2. The van der Waals surface area contributed by atoms with E-state index in [0.29, 0.717) is 16.6 Å². The molecule has 156 valence electrons. The van der Waals surface area contributed by atoms with Gasteiger partial charge in [0.15, 0.2) is 0 Å². The van der Waals surface area contributed by atoms with Crippen molar-refractivity contribution in [2.45, 2.75) is 6.54 Å². The molecule has 1 aliphatic rings. The summed E-state index contributed by atoms with van der Waals surface area (Å²) in [5, 5.41) is 2.28. The third kappa shape index (κ3) is 3.42. The van der Waals surface area contributed by atoms with Crippen LogP contribution in [0.3, 0.4) is 0 Å². The van der Waals surface area contributed by atoms with Crippen molar-refractivity contribution in [2.75, 3.05) is 7.11 Å². The zero-order valence-electron chi connectivity index (χ0n) is 16.6. The minimum absolute atomic E-state index is 0.123. The molecule has 0 atom stereocenters. The number of carbonyl (C=O) groups excluding carboxylic acids is 3. The molecule has 0 spiro atoms. The summed E-state index contributed by atoms with van der Waals surface area (Å²) in [6.45, 7) is 7.27. The number of methoxy groups -OCH3 is 1. The summed E-state index contributed by atoms with van der Waals surface area (Å²) >= 11 is 0. The second-order valence-electron chi connectivity index (χ2n) is 6.93. The fraction of sp³-hybridized carbons (Fsp3) is 0.0909. The van der Waals surface area contributed by atoms with E-state index < -0.39 is 11.9 Å². The van der Waals surface area contributed by atoms with Crippen LogP contribution >= 0.6 is 0 Å². The second-order valence-corrected chi connectivity index (χ2v) is 6.93. The summed E-state index contributed by atoms with van der Waals surface area (Å²) in [6.07, 6.45) is 0. The Morgan fingerprint density at radius 2 is 1.77 bits per heavy atom. The molecule has 0 bridgehead atoms. The molecule has 4 rings (SSSR count). The van der Waals surface area contributed by atoms with Gasteiger partial charge in [0.1, 0.15) is 11.4 Å². The number of carbonyl (C=O) groups is 3. The van der Waals surface area contributed by atoms with Crippen LogP contribution in [0.5, 0.6) is 0 Å². The van der Waals surface area contributed by atoms with Gasteiger partial charge in [0.25, 0.3) is 11.8 Å². The first kappa shape index (κ1) is 19.9. The molecule has 2 heterocycles. The number of rotatable bonds is 5. The Labute approximate surface area is 176 Å². The highest BCUT2D eigenvalue weighted by atomic mass is 16.5. The fourth-order valence-corrected chi connectivity index (χ4v) is 3.53. The number of ether oxygens (including phenoxy) is 1. The number of nitrogens with one attached hydrogen (secondary N) is 3. The molecule has 3 N–H and O–H groups in total. The van der Waals surface area contributed by atoms with Gasteiger partial charge in [-0.2, -0.15) is 0 Å². The van der Waals surface area contributed by atoms with Crippen LogP contribution in [0.25, 0.3) is 22.2 Å². The van der Waals surface area contributed by atoms with Gasteiger partial charge < -0.3 is 20.0 Å². The molecule has 0 radical (unpaired) electrons. The molecule has 3 aromatic rings. The molecular formula is C22H18N4O5. The predicted octanol–water partition coefficient (Wildman–Crippen LogP) is 1.80. The van der Waals surface area contributed by atoms with Crippen molar-refractivity contribution in [3.8, 4) is 11.1 Å². The van der Waals surface area contributed by atoms with Gasteiger partial charge in [-0.15, -0.1) is 0 Å². The van der Waals surface area contributed by atoms with Gasteiger partial charge >= 0.3 is 11.7 Å². The Morgan fingerprint density at radius 1 is 1.06 bits per heavy atom. The molecule has 9 nitrogen and oxygen atoms in total. The van der Waals surface area contributed by atoms with Crippen LogP contribution in [0.1, 0.15) is 15.9 Å². The van der Waals surface area contributed by atoms with E-state index in [4.69, 9.17) is 0 Å². The Kier molecular flexibility index (Phi) is 4.78. The van der Waals surface area contributed by atoms with Crippen LogP contribution in [0.2, 0.25) is 0 Å². The first-order chi connectivity index (χ1) is 14.8. The number of esters is 1. The van der Waals surface area contributed by atoms with Gasteiger partial charge in [-0.3, -0.25) is 14.5 Å². The number of hydrogen-bond donors (Lipinski definition) is 3. The Balaban J connectivity index is 1.64. The molecule has 9 heteroatoms. The minimum Gasteiger partial charge on any atom is -0.464 e. The van der Waals surface area contributed by atoms with E-state index in [9.17, 15) is 19.2 Å². The Bertz CT molecular complexity index is 1350. The van der Waals surface area contributed by atoms with E-state index in [2.05, 4.69) is 33.2 Å². The highest BCUT2D eigenvalue weighted by molar-refractivity contribution is 6.08. The van der Waals surface area contributed by atoms with E-state index in [0.717, 1.165) is 23.8 Å². The maximum absolute atomic E-state index is 12.9. The van der Waals surface area contributed by atoms with E-state index in [-0.39, 0.29) is 29.5 Å². The first-order valence-corrected chi connectivity index (χ1v) is 9.24. The lowest BCUT2D eigenvalue weighted by atomic mass is 9.97. The van der Waals surface area contributed by atoms with Crippen molar-refractivity contribution >= 4 is 28.8 Å². The third-order valence-electron chi connectivity index (χ3n) is 5.08. The molecular weight excluding hydrogens is 400 g/mol. The molecule has 1 aromatic heterocycles. The second kappa shape index (κ2) is 7.45. The number of benzene rings is 2. The van der Waals surface area contributed by atoms with Crippen molar-refractivity contribution in [1.82, 2.24) is 20.2 Å². The molecule has 0 saturated heterocycles. The summed E-state index contributed by atoms with van der Waals surface area (Å²) in [5.41, 5.74) is 3.41. The average molecular weight is 418 g/mol. The molecule has 0 aliphatic carbocycles. The fourth-order valence-electron chi connectivity index (χ4n) is 3.53. The standard InChI is InChI=1S/C22H18N4O5/c1-11(21(29)31-3)23-19(27)12(2)26-10-16-14(5-4-6-15(16)20(26)28)13-7-8-17-18(9-13)25-22(30)24-17/h4-9H,1-2,10H2,3H3,(H,23,27)(H2,24,25,30). The molecule has 0 unspecified atom stereocenters. The van der Waals surface area contributed by atoms with Gasteiger partial charge in [-0.05, 0) is 34.9 Å². The minimum atomic E-state index is -0.794. The molecule has 31 heavy (non-hydrogen) atoms. The van der Waals surface area contributed by atoms with Gasteiger partial charge in [0.05, 0.1) is 24.7 Å². The molecule has 2 amide bonds. The molecule has 1 aliphatic heterocycles. The quantitative estimate of drug-likeness (QED) is 0.430. The molecule has 0 fully saturated rings. The summed E-state index contributed by atoms with van der Waals surface area (Å²) in [6, 6.07) is 10.7. The number of fused-ring (bicyclic) bond motifs is 2. The smallest absolute Gasteiger partial charge is 0.353 e. The summed E-state index contributed by atoms with van der Waals surface area (Å²) < 4.78 is 4.50. The normalized spacial score (nSPS) is 12.5. The van der Waals surface area contributed by atoms with Gasteiger partial charge in [0, 0.05) is 5.56 Å². The Morgan fingerprint density at radius 3 is 2.52 bits per heavy atom. The van der Waals surface area contributed by atoms with Crippen LogP contribution in [0.15, 0.2) is 65.7 Å². The highest BCUT2D eigenvalue weighted by Crippen LogP contribution is 2.34. The van der Waals surface area contributed by atoms with Crippen LogP contribution in [-0.4, -0.2) is 39.8 Å². The summed E-state index contributed by atoms with van der Waals surface area (Å²) in [7, 11) is 1.16. The lowest BCUT2D eigenvalue weighted by Gasteiger charge is -2.18. The maximum Gasteiger partial charge on any atom is 0.353 e. The van der Waals surface area contributed by atoms with E-state index in [1.165, 1.54) is 4.90 Å². The third-order valence-corrected chi connectivity index (χ3v) is 5.08. The van der Waals surface area contributed by atoms with Crippen molar-refractivity contribution in [2.24, 2.45) is 0 Å². The van der Waals surface area contributed by atoms with E-state index in [1.807, 2.05) is 18.2 Å². The van der Waals surface area contributed by atoms with Gasteiger partial charge in [-0.1, -0.05) is 31.4 Å². The predicted molar refractivity (Wildman–Crippen MR) is 113 cm³/mol. The monoisotopic (exact) mass is 418 g/mol. The zero-order valence-corrected chi connectivity index (χ0v) is 16.6. The van der Waals surface area contributed by atoms with Crippen molar-refractivity contribution < 1.29 is 19.1 Å². The summed E-state index contributed by atoms with van der Waals surface area (Å²) in [4.78, 5) is 55.0. The Hall–Kier alpha value is -4.40. The van der Waals surface area contributed by atoms with Gasteiger partial charge in [-0.25, -0.2) is 9.59 Å². The molecule has 2 aromatic carbocycles. The van der Waals surface area contributed by atoms with Crippen LogP contribution < -0.4 is 11.0 Å². The number of nitrogens with zero attached hydrogens (tertiary/aromatic N) is 1. The van der Waals surface area contributed by atoms with Crippen molar-refractivity contribution in [3.05, 3.63) is 82.6 Å². The summed E-state index contributed by atoms with van der Waals surface area (Å²) in [5.74, 6) is -1.90. The SMILES string of the molecule is C=C(NC(=O)C(=C)N1Cc2c(cccc2-c2ccc3[nH]c(=O)[nH]c3c2)C1=O)C(=O)OC. The average Bonchev–Trinajstić information content (AvgIpc) is 3.30. The van der Waals surface area contributed by atoms with E-state index >= 15 is 0 Å². The van der Waals surface area contributed by atoms with Crippen molar-refractivity contribution in [3.63, 3.8) is 0 Å². The first-order valence-electron chi connectivity index (χ1n) is 9.24. The lowest BCUT2D eigenvalue weighted by Crippen LogP contribution is -2.36. The topological polar surface area (TPSA) is 124 Å². The zero-order chi connectivity index (χ0) is 22.3. The highest BCUT2D eigenvalue weighted by Gasteiger charge is 2.33. The maximum atomic E-state index is 12.9. The lowest BCUT2D eigenvalue weighted by molar-refractivity contribution is -0.137.